The number of H-pyrrole nitrogens is 1. The number of nitrogens with zero attached hydrogens (tertiary/aromatic N) is 3. The molecule has 4 rings (SSSR count). The molecule has 1 amide bonds. The van der Waals surface area contributed by atoms with Crippen LogP contribution in [0.15, 0.2) is 52.1 Å². The lowest BCUT2D eigenvalue weighted by molar-refractivity contribution is 0.0482. The number of carbonyl (C=O) groups is 1. The van der Waals surface area contributed by atoms with Gasteiger partial charge in [0, 0.05) is 32.2 Å². The van der Waals surface area contributed by atoms with E-state index in [1.54, 1.807) is 35.2 Å². The van der Waals surface area contributed by atoms with Gasteiger partial charge in [0.05, 0.1) is 23.0 Å². The summed E-state index contributed by atoms with van der Waals surface area (Å²) in [6, 6.07) is 11.3. The van der Waals surface area contributed by atoms with Crippen molar-refractivity contribution in [1.29, 1.82) is 0 Å². The maximum Gasteiger partial charge on any atom is 0.329 e. The van der Waals surface area contributed by atoms with Gasteiger partial charge in [-0.2, -0.15) is 0 Å². The summed E-state index contributed by atoms with van der Waals surface area (Å²) in [6.45, 7) is 9.34. The molecule has 1 aliphatic heterocycles. The first-order valence-electron chi connectivity index (χ1n) is 11.3. The molecule has 1 fully saturated rings. The van der Waals surface area contributed by atoms with Gasteiger partial charge in [-0.3, -0.25) is 24.0 Å². The highest BCUT2D eigenvalue weighted by molar-refractivity contribution is 5.94. The van der Waals surface area contributed by atoms with Crippen LogP contribution < -0.4 is 11.2 Å². The van der Waals surface area contributed by atoms with E-state index in [4.69, 9.17) is 0 Å². The number of halogens is 1. The molecule has 7 nitrogen and oxygen atoms in total. The van der Waals surface area contributed by atoms with E-state index in [2.05, 4.69) is 30.7 Å². The first kappa shape index (κ1) is 22.9. The minimum Gasteiger partial charge on any atom is -0.336 e. The molecule has 1 aliphatic rings. The maximum atomic E-state index is 14.7. The molecule has 1 atom stereocenters. The first-order chi connectivity index (χ1) is 15.7. The standard InChI is InChI=1S/C25H29FN4O3/c1-16(2)13-28-10-11-29(14-17(28)3)24(32)20-12-18(8-9-21(20)26)15-30-22-7-5-4-6-19(22)23(31)27-25(30)33/h4-9,12,16-17H,10-11,13-15H2,1-3H3,(H,27,31,33)/t17-/m1/s1. The van der Waals surface area contributed by atoms with Crippen molar-refractivity contribution >= 4 is 16.8 Å². The van der Waals surface area contributed by atoms with Crippen LogP contribution in [0.1, 0.15) is 36.7 Å². The molecule has 0 bridgehead atoms. The lowest BCUT2D eigenvalue weighted by atomic mass is 10.1. The summed E-state index contributed by atoms with van der Waals surface area (Å²) < 4.78 is 16.1. The Hall–Kier alpha value is -3.26. The van der Waals surface area contributed by atoms with Gasteiger partial charge < -0.3 is 4.90 Å². The van der Waals surface area contributed by atoms with Crippen LogP contribution in [0.2, 0.25) is 0 Å². The molecule has 8 heteroatoms. The largest absolute Gasteiger partial charge is 0.336 e. The molecule has 0 spiro atoms. The first-order valence-corrected chi connectivity index (χ1v) is 11.3. The van der Waals surface area contributed by atoms with Crippen LogP contribution in [-0.2, 0) is 6.54 Å². The van der Waals surface area contributed by atoms with Gasteiger partial charge >= 0.3 is 5.69 Å². The quantitative estimate of drug-likeness (QED) is 0.646. The van der Waals surface area contributed by atoms with E-state index in [-0.39, 0.29) is 24.1 Å². The number of nitrogens with one attached hydrogen (secondary N) is 1. The minimum absolute atomic E-state index is 0.00112. The zero-order valence-corrected chi connectivity index (χ0v) is 19.2. The zero-order valence-electron chi connectivity index (χ0n) is 19.2. The number of rotatable bonds is 5. The Bertz CT molecular complexity index is 1300. The zero-order chi connectivity index (χ0) is 23.7. The molecule has 1 saturated heterocycles. The van der Waals surface area contributed by atoms with Crippen LogP contribution in [0.4, 0.5) is 4.39 Å². The second kappa shape index (κ2) is 9.31. The second-order valence-corrected chi connectivity index (χ2v) is 9.17. The summed E-state index contributed by atoms with van der Waals surface area (Å²) in [5.74, 6) is -0.389. The predicted octanol–water partition coefficient (Wildman–Crippen LogP) is 2.68. The molecular formula is C25H29FN4O3. The van der Waals surface area contributed by atoms with Gasteiger partial charge in [-0.1, -0.05) is 32.0 Å². The van der Waals surface area contributed by atoms with Crippen molar-refractivity contribution in [3.63, 3.8) is 0 Å². The normalized spacial score (nSPS) is 17.1. The van der Waals surface area contributed by atoms with Crippen molar-refractivity contribution in [3.05, 3.63) is 80.2 Å². The topological polar surface area (TPSA) is 78.4 Å². The van der Waals surface area contributed by atoms with Gasteiger partial charge in [0.15, 0.2) is 0 Å². The smallest absolute Gasteiger partial charge is 0.329 e. The summed E-state index contributed by atoms with van der Waals surface area (Å²) in [7, 11) is 0. The van der Waals surface area contributed by atoms with Crippen molar-refractivity contribution in [1.82, 2.24) is 19.4 Å². The van der Waals surface area contributed by atoms with Gasteiger partial charge in [-0.15, -0.1) is 0 Å². The van der Waals surface area contributed by atoms with Crippen molar-refractivity contribution in [3.8, 4) is 0 Å². The van der Waals surface area contributed by atoms with Gasteiger partial charge in [-0.05, 0) is 42.7 Å². The highest BCUT2D eigenvalue weighted by atomic mass is 19.1. The number of piperazine rings is 1. The number of carbonyl (C=O) groups excluding carboxylic acids is 1. The van der Waals surface area contributed by atoms with Crippen LogP contribution >= 0.6 is 0 Å². The monoisotopic (exact) mass is 452 g/mol. The average molecular weight is 453 g/mol. The maximum absolute atomic E-state index is 14.7. The van der Waals surface area contributed by atoms with E-state index in [1.165, 1.54) is 16.7 Å². The number of amides is 1. The van der Waals surface area contributed by atoms with E-state index in [1.807, 2.05) is 0 Å². The third-order valence-electron chi connectivity index (χ3n) is 6.16. The lowest BCUT2D eigenvalue weighted by Crippen LogP contribution is -2.54. The number of aromatic amines is 1. The Kier molecular flexibility index (Phi) is 6.47. The summed E-state index contributed by atoms with van der Waals surface area (Å²) in [5.41, 5.74) is 0.0847. The van der Waals surface area contributed by atoms with Gasteiger partial charge in [0.2, 0.25) is 0 Å². The fraction of sp³-hybridized carbons (Fsp3) is 0.400. The van der Waals surface area contributed by atoms with Crippen molar-refractivity contribution in [2.24, 2.45) is 5.92 Å². The lowest BCUT2D eigenvalue weighted by Gasteiger charge is -2.40. The van der Waals surface area contributed by atoms with E-state index in [0.717, 1.165) is 13.1 Å². The molecule has 0 saturated carbocycles. The molecule has 2 aromatic carbocycles. The van der Waals surface area contributed by atoms with Crippen LogP contribution in [-0.4, -0.2) is 57.5 Å². The number of hydrogen-bond acceptors (Lipinski definition) is 4. The molecule has 0 radical (unpaired) electrons. The van der Waals surface area contributed by atoms with Gasteiger partial charge in [-0.25, -0.2) is 9.18 Å². The molecule has 1 N–H and O–H groups in total. The fourth-order valence-electron chi connectivity index (χ4n) is 4.51. The second-order valence-electron chi connectivity index (χ2n) is 9.17. The summed E-state index contributed by atoms with van der Waals surface area (Å²) >= 11 is 0. The molecule has 33 heavy (non-hydrogen) atoms. The van der Waals surface area contributed by atoms with Crippen molar-refractivity contribution in [2.45, 2.75) is 33.4 Å². The van der Waals surface area contributed by atoms with E-state index in [0.29, 0.717) is 35.5 Å². The molecule has 0 aliphatic carbocycles. The SMILES string of the molecule is CC(C)CN1CCN(C(=O)c2cc(Cn3c(=O)[nH]c(=O)c4ccccc43)ccc2F)C[C@H]1C. The Balaban J connectivity index is 1.60. The molecule has 3 aromatic rings. The van der Waals surface area contributed by atoms with Crippen LogP contribution in [0.25, 0.3) is 10.9 Å². The number of hydrogen-bond donors (Lipinski definition) is 1. The molecule has 0 unspecified atom stereocenters. The van der Waals surface area contributed by atoms with Crippen LogP contribution in [0, 0.1) is 11.7 Å². The average Bonchev–Trinajstić information content (AvgIpc) is 2.78. The summed E-state index contributed by atoms with van der Waals surface area (Å²) in [4.78, 5) is 44.1. The van der Waals surface area contributed by atoms with Crippen LogP contribution in [0.5, 0.6) is 0 Å². The van der Waals surface area contributed by atoms with Crippen molar-refractivity contribution in [2.75, 3.05) is 26.2 Å². The van der Waals surface area contributed by atoms with Gasteiger partial charge in [0.25, 0.3) is 11.5 Å². The molecule has 1 aromatic heterocycles. The van der Waals surface area contributed by atoms with E-state index < -0.39 is 17.1 Å². The number of benzene rings is 2. The van der Waals surface area contributed by atoms with Gasteiger partial charge in [0.1, 0.15) is 5.82 Å². The number of aromatic nitrogens is 2. The molecular weight excluding hydrogens is 423 g/mol. The number of para-hydroxylation sites is 1. The Labute approximate surface area is 191 Å². The highest BCUT2D eigenvalue weighted by Crippen LogP contribution is 2.19. The Morgan fingerprint density at radius 1 is 1.15 bits per heavy atom. The van der Waals surface area contributed by atoms with E-state index in [9.17, 15) is 18.8 Å². The summed E-state index contributed by atoms with van der Waals surface area (Å²) in [5, 5.41) is 0.392. The van der Waals surface area contributed by atoms with E-state index >= 15 is 0 Å². The molecule has 2 heterocycles. The molecule has 174 valence electrons. The highest BCUT2D eigenvalue weighted by Gasteiger charge is 2.29. The Morgan fingerprint density at radius 3 is 2.64 bits per heavy atom. The van der Waals surface area contributed by atoms with Crippen LogP contribution in [0.3, 0.4) is 0 Å². The van der Waals surface area contributed by atoms with Crippen molar-refractivity contribution < 1.29 is 9.18 Å². The Morgan fingerprint density at radius 2 is 1.91 bits per heavy atom. The minimum atomic E-state index is -0.584. The number of fused-ring (bicyclic) bond motifs is 1. The summed E-state index contributed by atoms with van der Waals surface area (Å²) in [6.07, 6.45) is 0. The third-order valence-corrected chi connectivity index (χ3v) is 6.16. The third kappa shape index (κ3) is 4.75. The fourth-order valence-corrected chi connectivity index (χ4v) is 4.51. The predicted molar refractivity (Wildman–Crippen MR) is 126 cm³/mol.